The van der Waals surface area contributed by atoms with Crippen molar-refractivity contribution < 1.29 is 4.52 Å². The van der Waals surface area contributed by atoms with Gasteiger partial charge in [-0.25, -0.2) is 0 Å². The zero-order chi connectivity index (χ0) is 15.4. The number of nitrogens with zero attached hydrogens (tertiary/aromatic N) is 2. The summed E-state index contributed by atoms with van der Waals surface area (Å²) in [6, 6.07) is 3.57. The molecule has 0 aliphatic heterocycles. The number of rotatable bonds is 6. The van der Waals surface area contributed by atoms with Gasteiger partial charge in [0.05, 0.1) is 5.56 Å². The standard InChI is InChI=1S/C16H23N3O2/c1-5-6-12(9-10(2)3)16-18-14(19-21-16)13-8-7-11(4)17-15(13)20/h7-8,10,12H,5-6,9H2,1-4H3,(H,17,20). The van der Waals surface area contributed by atoms with Crippen molar-refractivity contribution in [3.05, 3.63) is 34.1 Å². The molecule has 2 aromatic heterocycles. The van der Waals surface area contributed by atoms with Gasteiger partial charge in [0, 0.05) is 11.6 Å². The van der Waals surface area contributed by atoms with E-state index in [4.69, 9.17) is 4.52 Å². The van der Waals surface area contributed by atoms with Crippen LogP contribution in [0.5, 0.6) is 0 Å². The van der Waals surface area contributed by atoms with Gasteiger partial charge in [-0.2, -0.15) is 4.98 Å². The lowest BCUT2D eigenvalue weighted by Gasteiger charge is -2.13. The van der Waals surface area contributed by atoms with Crippen LogP contribution in [0.2, 0.25) is 0 Å². The third-order valence-corrected chi connectivity index (χ3v) is 3.48. The number of pyridine rings is 1. The van der Waals surface area contributed by atoms with Crippen LogP contribution in [0.25, 0.3) is 11.4 Å². The molecule has 114 valence electrons. The highest BCUT2D eigenvalue weighted by molar-refractivity contribution is 5.52. The molecule has 0 saturated carbocycles. The molecule has 1 atom stereocenters. The Kier molecular flexibility index (Phi) is 4.94. The van der Waals surface area contributed by atoms with E-state index in [0.29, 0.717) is 23.2 Å². The predicted molar refractivity (Wildman–Crippen MR) is 82.2 cm³/mol. The van der Waals surface area contributed by atoms with E-state index in [-0.39, 0.29) is 11.5 Å². The first-order valence-corrected chi connectivity index (χ1v) is 7.55. The molecule has 0 aromatic carbocycles. The Hall–Kier alpha value is -1.91. The van der Waals surface area contributed by atoms with E-state index in [0.717, 1.165) is 25.0 Å². The second-order valence-corrected chi connectivity index (χ2v) is 5.96. The van der Waals surface area contributed by atoms with Crippen molar-refractivity contribution in [2.45, 2.75) is 52.9 Å². The molecule has 1 unspecified atom stereocenters. The molecular formula is C16H23N3O2. The molecule has 1 N–H and O–H groups in total. The monoisotopic (exact) mass is 289 g/mol. The molecule has 0 aliphatic rings. The van der Waals surface area contributed by atoms with Crippen LogP contribution in [-0.2, 0) is 0 Å². The molecular weight excluding hydrogens is 266 g/mol. The van der Waals surface area contributed by atoms with Crippen LogP contribution in [0.3, 0.4) is 0 Å². The average molecular weight is 289 g/mol. The van der Waals surface area contributed by atoms with Gasteiger partial charge in [-0.1, -0.05) is 32.3 Å². The lowest BCUT2D eigenvalue weighted by molar-refractivity contribution is 0.323. The third-order valence-electron chi connectivity index (χ3n) is 3.48. The van der Waals surface area contributed by atoms with Crippen molar-refractivity contribution in [1.29, 1.82) is 0 Å². The van der Waals surface area contributed by atoms with Crippen molar-refractivity contribution in [2.75, 3.05) is 0 Å². The number of hydrogen-bond donors (Lipinski definition) is 1. The largest absolute Gasteiger partial charge is 0.339 e. The maximum Gasteiger partial charge on any atom is 0.259 e. The summed E-state index contributed by atoms with van der Waals surface area (Å²) in [6.07, 6.45) is 3.10. The highest BCUT2D eigenvalue weighted by Crippen LogP contribution is 2.28. The fourth-order valence-corrected chi connectivity index (χ4v) is 2.52. The van der Waals surface area contributed by atoms with Crippen LogP contribution in [0.15, 0.2) is 21.5 Å². The van der Waals surface area contributed by atoms with E-state index in [1.165, 1.54) is 0 Å². The maximum absolute atomic E-state index is 11.9. The Balaban J connectivity index is 2.29. The van der Waals surface area contributed by atoms with Crippen molar-refractivity contribution in [2.24, 2.45) is 5.92 Å². The van der Waals surface area contributed by atoms with E-state index >= 15 is 0 Å². The van der Waals surface area contributed by atoms with Gasteiger partial charge in [0.1, 0.15) is 0 Å². The number of nitrogens with one attached hydrogen (secondary N) is 1. The molecule has 0 saturated heterocycles. The topological polar surface area (TPSA) is 71.8 Å². The molecule has 0 amide bonds. The molecule has 0 aliphatic carbocycles. The summed E-state index contributed by atoms with van der Waals surface area (Å²) >= 11 is 0. The second-order valence-electron chi connectivity index (χ2n) is 5.96. The van der Waals surface area contributed by atoms with Gasteiger partial charge in [0.25, 0.3) is 5.56 Å². The Bertz CT molecular complexity index is 643. The van der Waals surface area contributed by atoms with Crippen molar-refractivity contribution >= 4 is 0 Å². The quantitative estimate of drug-likeness (QED) is 0.880. The summed E-state index contributed by atoms with van der Waals surface area (Å²) in [6.45, 7) is 8.36. The first-order valence-electron chi connectivity index (χ1n) is 7.55. The predicted octanol–water partition coefficient (Wildman–Crippen LogP) is 3.66. The summed E-state index contributed by atoms with van der Waals surface area (Å²) < 4.78 is 5.41. The minimum Gasteiger partial charge on any atom is -0.339 e. The van der Waals surface area contributed by atoms with Crippen LogP contribution >= 0.6 is 0 Å². The first-order chi connectivity index (χ1) is 10.0. The lowest BCUT2D eigenvalue weighted by atomic mass is 9.93. The Morgan fingerprint density at radius 1 is 1.33 bits per heavy atom. The highest BCUT2D eigenvalue weighted by Gasteiger charge is 2.21. The summed E-state index contributed by atoms with van der Waals surface area (Å²) in [7, 11) is 0. The molecule has 2 heterocycles. The van der Waals surface area contributed by atoms with Crippen molar-refractivity contribution in [3.8, 4) is 11.4 Å². The number of aromatic amines is 1. The third kappa shape index (κ3) is 3.80. The van der Waals surface area contributed by atoms with Gasteiger partial charge in [-0.05, 0) is 37.8 Å². The Morgan fingerprint density at radius 3 is 2.71 bits per heavy atom. The lowest BCUT2D eigenvalue weighted by Crippen LogP contribution is -2.10. The minimum atomic E-state index is -0.182. The highest BCUT2D eigenvalue weighted by atomic mass is 16.5. The Labute approximate surface area is 124 Å². The Morgan fingerprint density at radius 2 is 2.10 bits per heavy atom. The second kappa shape index (κ2) is 6.70. The molecule has 2 rings (SSSR count). The molecule has 0 radical (unpaired) electrons. The van der Waals surface area contributed by atoms with E-state index < -0.39 is 0 Å². The van der Waals surface area contributed by atoms with Crippen LogP contribution < -0.4 is 5.56 Å². The molecule has 5 heteroatoms. The molecule has 0 bridgehead atoms. The SMILES string of the molecule is CCCC(CC(C)C)c1nc(-c2ccc(C)[nH]c2=O)no1. The smallest absolute Gasteiger partial charge is 0.259 e. The summed E-state index contributed by atoms with van der Waals surface area (Å²) in [4.78, 5) is 19.1. The maximum atomic E-state index is 11.9. The normalized spacial score (nSPS) is 12.8. The van der Waals surface area contributed by atoms with E-state index in [2.05, 4.69) is 35.9 Å². The molecule has 0 spiro atoms. The number of aryl methyl sites for hydroxylation is 1. The molecule has 0 fully saturated rings. The fourth-order valence-electron chi connectivity index (χ4n) is 2.52. The molecule has 5 nitrogen and oxygen atoms in total. The van der Waals surface area contributed by atoms with Gasteiger partial charge < -0.3 is 9.51 Å². The van der Waals surface area contributed by atoms with Crippen LogP contribution in [-0.4, -0.2) is 15.1 Å². The first kappa shape index (κ1) is 15.5. The van der Waals surface area contributed by atoms with Crippen molar-refractivity contribution in [3.63, 3.8) is 0 Å². The van der Waals surface area contributed by atoms with Gasteiger partial charge in [0.2, 0.25) is 11.7 Å². The van der Waals surface area contributed by atoms with E-state index in [9.17, 15) is 4.79 Å². The zero-order valence-corrected chi connectivity index (χ0v) is 13.1. The van der Waals surface area contributed by atoms with Gasteiger partial charge in [-0.3, -0.25) is 4.79 Å². The minimum absolute atomic E-state index is 0.182. The van der Waals surface area contributed by atoms with Gasteiger partial charge in [-0.15, -0.1) is 0 Å². The van der Waals surface area contributed by atoms with Crippen LogP contribution in [0, 0.1) is 12.8 Å². The average Bonchev–Trinajstić information content (AvgIpc) is 2.87. The van der Waals surface area contributed by atoms with Crippen LogP contribution in [0.4, 0.5) is 0 Å². The zero-order valence-electron chi connectivity index (χ0n) is 13.1. The van der Waals surface area contributed by atoms with Crippen molar-refractivity contribution in [1.82, 2.24) is 15.1 Å². The summed E-state index contributed by atoms with van der Waals surface area (Å²) in [5.74, 6) is 1.84. The number of H-pyrrole nitrogens is 1. The summed E-state index contributed by atoms with van der Waals surface area (Å²) in [5.41, 5.74) is 1.09. The van der Waals surface area contributed by atoms with E-state index in [1.807, 2.05) is 13.0 Å². The van der Waals surface area contributed by atoms with Gasteiger partial charge in [0.15, 0.2) is 0 Å². The summed E-state index contributed by atoms with van der Waals surface area (Å²) in [5, 5.41) is 3.98. The van der Waals surface area contributed by atoms with E-state index in [1.54, 1.807) is 6.07 Å². The molecule has 21 heavy (non-hydrogen) atoms. The number of hydrogen-bond acceptors (Lipinski definition) is 4. The van der Waals surface area contributed by atoms with Crippen LogP contribution in [0.1, 0.15) is 57.5 Å². The fraction of sp³-hybridized carbons (Fsp3) is 0.562. The number of aromatic nitrogens is 3. The van der Waals surface area contributed by atoms with Gasteiger partial charge >= 0.3 is 0 Å². The molecule has 2 aromatic rings.